The molecule has 3 N–H and O–H groups in total. The summed E-state index contributed by atoms with van der Waals surface area (Å²) in [6.45, 7) is 4.26. The Morgan fingerprint density at radius 3 is 2.71 bits per heavy atom. The van der Waals surface area contributed by atoms with Crippen molar-refractivity contribution in [2.45, 2.75) is 32.7 Å². The Labute approximate surface area is 100 Å². The van der Waals surface area contributed by atoms with Gasteiger partial charge >= 0.3 is 0 Å². The molecule has 0 aliphatic carbocycles. The Kier molecular flexibility index (Phi) is 3.12. The molecule has 2 aromatic rings. The van der Waals surface area contributed by atoms with Gasteiger partial charge in [-0.25, -0.2) is 0 Å². The van der Waals surface area contributed by atoms with E-state index in [9.17, 15) is 0 Å². The van der Waals surface area contributed by atoms with Crippen molar-refractivity contribution in [3.63, 3.8) is 0 Å². The lowest BCUT2D eigenvalue weighted by molar-refractivity contribution is 0.664. The molecule has 2 aromatic heterocycles. The Balaban J connectivity index is 2.38. The molecule has 6 nitrogen and oxygen atoms in total. The summed E-state index contributed by atoms with van der Waals surface area (Å²) >= 11 is 0. The smallest absolute Gasteiger partial charge is 0.226 e. The van der Waals surface area contributed by atoms with Gasteiger partial charge in [0.1, 0.15) is 5.82 Å². The van der Waals surface area contributed by atoms with E-state index in [1.165, 1.54) is 0 Å². The van der Waals surface area contributed by atoms with Crippen LogP contribution in [0.15, 0.2) is 6.20 Å². The van der Waals surface area contributed by atoms with Crippen LogP contribution >= 0.6 is 0 Å². The van der Waals surface area contributed by atoms with Gasteiger partial charge in [0.15, 0.2) is 5.65 Å². The van der Waals surface area contributed by atoms with Crippen LogP contribution in [0.5, 0.6) is 0 Å². The van der Waals surface area contributed by atoms with Crippen LogP contribution in [0.4, 0.5) is 11.8 Å². The number of hydrogen-bond donors (Lipinski definition) is 2. The quantitative estimate of drug-likeness (QED) is 0.838. The van der Waals surface area contributed by atoms with Gasteiger partial charge in [0.25, 0.3) is 0 Å². The highest BCUT2D eigenvalue weighted by Gasteiger charge is 2.11. The second-order valence-electron chi connectivity index (χ2n) is 4.10. The molecule has 0 fully saturated rings. The summed E-state index contributed by atoms with van der Waals surface area (Å²) in [5.41, 5.74) is 6.64. The maximum Gasteiger partial charge on any atom is 0.226 e. The van der Waals surface area contributed by atoms with Crippen molar-refractivity contribution < 1.29 is 0 Å². The summed E-state index contributed by atoms with van der Waals surface area (Å²) in [6, 6.07) is 0.375. The van der Waals surface area contributed by atoms with Crippen LogP contribution in [0.2, 0.25) is 0 Å². The minimum atomic E-state index is 0.375. The zero-order valence-corrected chi connectivity index (χ0v) is 10.4. The van der Waals surface area contributed by atoms with E-state index in [0.717, 1.165) is 23.9 Å². The second-order valence-corrected chi connectivity index (χ2v) is 4.10. The van der Waals surface area contributed by atoms with Crippen molar-refractivity contribution >= 4 is 22.8 Å². The number of nitrogen functional groups attached to an aromatic ring is 1. The van der Waals surface area contributed by atoms with Gasteiger partial charge in [-0.05, 0) is 12.8 Å². The molecule has 0 spiro atoms. The molecule has 2 rings (SSSR count). The molecule has 0 unspecified atom stereocenters. The van der Waals surface area contributed by atoms with Crippen LogP contribution in [0, 0.1) is 0 Å². The number of nitrogens with two attached hydrogens (primary N) is 1. The van der Waals surface area contributed by atoms with Crippen LogP contribution in [0.25, 0.3) is 11.0 Å². The molecule has 17 heavy (non-hydrogen) atoms. The van der Waals surface area contributed by atoms with Gasteiger partial charge in [0.2, 0.25) is 5.95 Å². The fraction of sp³-hybridized carbons (Fsp3) is 0.545. The standard InChI is InChI=1S/C11H18N6/c1-4-7(5-2)14-11-15-9(12)8-6-13-17(3)10(8)16-11/h6-7H,4-5H2,1-3H3,(H3,12,14,15,16). The zero-order chi connectivity index (χ0) is 12.4. The molecule has 0 saturated heterocycles. The number of nitrogens with zero attached hydrogens (tertiary/aromatic N) is 4. The van der Waals surface area contributed by atoms with Crippen molar-refractivity contribution in [2.75, 3.05) is 11.1 Å². The molecule has 2 heterocycles. The van der Waals surface area contributed by atoms with Gasteiger partial charge in [0, 0.05) is 13.1 Å². The number of hydrogen-bond acceptors (Lipinski definition) is 5. The molecule has 6 heteroatoms. The van der Waals surface area contributed by atoms with E-state index >= 15 is 0 Å². The van der Waals surface area contributed by atoms with E-state index in [0.29, 0.717) is 17.8 Å². The molecule has 0 aromatic carbocycles. The number of nitrogens with one attached hydrogen (secondary N) is 1. The van der Waals surface area contributed by atoms with Gasteiger partial charge in [-0.3, -0.25) is 4.68 Å². The average molecular weight is 234 g/mol. The van der Waals surface area contributed by atoms with Crippen molar-refractivity contribution in [1.82, 2.24) is 19.7 Å². The average Bonchev–Trinajstić information content (AvgIpc) is 2.69. The Morgan fingerprint density at radius 2 is 2.06 bits per heavy atom. The van der Waals surface area contributed by atoms with E-state index in [1.807, 2.05) is 7.05 Å². The van der Waals surface area contributed by atoms with Crippen molar-refractivity contribution in [3.05, 3.63) is 6.20 Å². The summed E-state index contributed by atoms with van der Waals surface area (Å²) in [5, 5.41) is 8.20. The van der Waals surface area contributed by atoms with Gasteiger partial charge < -0.3 is 11.1 Å². The van der Waals surface area contributed by atoms with E-state index in [2.05, 4.69) is 34.2 Å². The lowest BCUT2D eigenvalue weighted by Gasteiger charge is -2.14. The van der Waals surface area contributed by atoms with Gasteiger partial charge in [-0.15, -0.1) is 0 Å². The Hall–Kier alpha value is -1.85. The lowest BCUT2D eigenvalue weighted by Crippen LogP contribution is -2.19. The molecular weight excluding hydrogens is 216 g/mol. The maximum atomic E-state index is 5.88. The third-order valence-corrected chi connectivity index (χ3v) is 2.94. The maximum absolute atomic E-state index is 5.88. The minimum absolute atomic E-state index is 0.375. The summed E-state index contributed by atoms with van der Waals surface area (Å²) in [4.78, 5) is 8.68. The Morgan fingerprint density at radius 1 is 1.35 bits per heavy atom. The second kappa shape index (κ2) is 4.57. The molecule has 0 saturated carbocycles. The number of rotatable bonds is 4. The van der Waals surface area contributed by atoms with Crippen LogP contribution < -0.4 is 11.1 Å². The predicted molar refractivity (Wildman–Crippen MR) is 68.7 cm³/mol. The first kappa shape index (κ1) is 11.6. The highest BCUT2D eigenvalue weighted by Crippen LogP contribution is 2.19. The Bertz CT molecular complexity index is 514. The highest BCUT2D eigenvalue weighted by molar-refractivity contribution is 5.86. The SMILES string of the molecule is CCC(CC)Nc1nc(N)c2cnn(C)c2n1. The largest absolute Gasteiger partial charge is 0.383 e. The van der Waals surface area contributed by atoms with Gasteiger partial charge in [-0.1, -0.05) is 13.8 Å². The summed E-state index contributed by atoms with van der Waals surface area (Å²) in [6.07, 6.45) is 3.75. The molecule has 0 aliphatic rings. The van der Waals surface area contributed by atoms with Gasteiger partial charge in [-0.2, -0.15) is 15.1 Å². The third-order valence-electron chi connectivity index (χ3n) is 2.94. The van der Waals surface area contributed by atoms with Crippen molar-refractivity contribution in [2.24, 2.45) is 7.05 Å². The first-order valence-electron chi connectivity index (χ1n) is 5.87. The zero-order valence-electron chi connectivity index (χ0n) is 10.4. The normalized spacial score (nSPS) is 11.3. The number of anilines is 2. The molecule has 0 amide bonds. The topological polar surface area (TPSA) is 81.6 Å². The number of aromatic nitrogens is 4. The molecule has 92 valence electrons. The van der Waals surface area contributed by atoms with Crippen molar-refractivity contribution in [1.29, 1.82) is 0 Å². The lowest BCUT2D eigenvalue weighted by atomic mass is 10.2. The van der Waals surface area contributed by atoms with Crippen LogP contribution in [-0.4, -0.2) is 25.8 Å². The fourth-order valence-corrected chi connectivity index (χ4v) is 1.78. The minimum Gasteiger partial charge on any atom is -0.383 e. The number of fused-ring (bicyclic) bond motifs is 1. The molecular formula is C11H18N6. The molecule has 0 radical (unpaired) electrons. The van der Waals surface area contributed by atoms with Crippen LogP contribution in [-0.2, 0) is 7.05 Å². The predicted octanol–water partition coefficient (Wildman–Crippen LogP) is 1.55. The van der Waals surface area contributed by atoms with E-state index < -0.39 is 0 Å². The van der Waals surface area contributed by atoms with E-state index in [1.54, 1.807) is 10.9 Å². The summed E-state index contributed by atoms with van der Waals surface area (Å²) in [5.74, 6) is 1.05. The first-order chi connectivity index (χ1) is 8.15. The molecule has 0 aliphatic heterocycles. The van der Waals surface area contributed by atoms with E-state index in [-0.39, 0.29) is 0 Å². The van der Waals surface area contributed by atoms with Crippen molar-refractivity contribution in [3.8, 4) is 0 Å². The third kappa shape index (κ3) is 2.15. The first-order valence-corrected chi connectivity index (χ1v) is 5.87. The molecule has 0 atom stereocenters. The number of aryl methyl sites for hydroxylation is 1. The summed E-state index contributed by atoms with van der Waals surface area (Å²) < 4.78 is 1.70. The highest BCUT2D eigenvalue weighted by atomic mass is 15.3. The van der Waals surface area contributed by atoms with Crippen LogP contribution in [0.3, 0.4) is 0 Å². The fourth-order valence-electron chi connectivity index (χ4n) is 1.78. The summed E-state index contributed by atoms with van der Waals surface area (Å²) in [7, 11) is 1.84. The van der Waals surface area contributed by atoms with Crippen LogP contribution in [0.1, 0.15) is 26.7 Å². The van der Waals surface area contributed by atoms with Gasteiger partial charge in [0.05, 0.1) is 11.6 Å². The van der Waals surface area contributed by atoms with E-state index in [4.69, 9.17) is 5.73 Å². The monoisotopic (exact) mass is 234 g/mol. The molecule has 0 bridgehead atoms.